The summed E-state index contributed by atoms with van der Waals surface area (Å²) in [5, 5.41) is 8.95. The third-order valence-electron chi connectivity index (χ3n) is 2.61. The molecule has 1 aromatic rings. The molecule has 2 unspecified atom stereocenters. The fourth-order valence-corrected chi connectivity index (χ4v) is 2.97. The Bertz CT molecular complexity index is 381. The lowest BCUT2D eigenvalue weighted by atomic mass is 9.85. The summed E-state index contributed by atoms with van der Waals surface area (Å²) in [6.45, 7) is 0. The van der Waals surface area contributed by atoms with Crippen LogP contribution in [0.5, 0.6) is 0 Å². The van der Waals surface area contributed by atoms with Gasteiger partial charge in [0, 0.05) is 10.1 Å². The minimum Gasteiger partial charge on any atom is -0.481 e. The Hall–Kier alpha value is -1.03. The molecule has 0 radical (unpaired) electrons. The summed E-state index contributed by atoms with van der Waals surface area (Å²) in [4.78, 5) is 11.6. The van der Waals surface area contributed by atoms with E-state index >= 15 is 0 Å². The normalized spacial score (nSPS) is 24.6. The van der Waals surface area contributed by atoms with Gasteiger partial charge in [0.25, 0.3) is 0 Å². The van der Waals surface area contributed by atoms with Crippen LogP contribution in [0.15, 0.2) is 29.2 Å². The predicted octanol–water partition coefficient (Wildman–Crippen LogP) is 2.78. The molecule has 0 bridgehead atoms. The standard InChI is InChI=1S/C11H11FO2S/c12-7-2-1-3-8(6-7)15-10-5-4-9(10)11(13)14/h1-3,6,9-10H,4-5H2,(H,13,14). The highest BCUT2D eigenvalue weighted by atomic mass is 32.2. The smallest absolute Gasteiger partial charge is 0.307 e. The molecular formula is C11H11FO2S. The van der Waals surface area contributed by atoms with Crippen molar-refractivity contribution >= 4 is 17.7 Å². The lowest BCUT2D eigenvalue weighted by Crippen LogP contribution is -2.35. The maximum Gasteiger partial charge on any atom is 0.307 e. The van der Waals surface area contributed by atoms with Crippen molar-refractivity contribution in [3.63, 3.8) is 0 Å². The van der Waals surface area contributed by atoms with E-state index in [-0.39, 0.29) is 17.0 Å². The SMILES string of the molecule is O=C(O)C1CCC1Sc1cccc(F)c1. The van der Waals surface area contributed by atoms with Crippen LogP contribution in [0.4, 0.5) is 4.39 Å². The van der Waals surface area contributed by atoms with Gasteiger partial charge in [0.05, 0.1) is 5.92 Å². The van der Waals surface area contributed by atoms with Gasteiger partial charge in [-0.3, -0.25) is 4.79 Å². The molecule has 1 saturated carbocycles. The van der Waals surface area contributed by atoms with Gasteiger partial charge in [0.2, 0.25) is 0 Å². The number of benzene rings is 1. The molecule has 0 aliphatic heterocycles. The van der Waals surface area contributed by atoms with E-state index in [1.807, 2.05) is 6.07 Å². The third-order valence-corrected chi connectivity index (χ3v) is 4.00. The maximum absolute atomic E-state index is 12.9. The second kappa shape index (κ2) is 4.23. The third kappa shape index (κ3) is 2.31. The van der Waals surface area contributed by atoms with Crippen molar-refractivity contribution in [2.45, 2.75) is 23.0 Å². The second-order valence-electron chi connectivity index (χ2n) is 3.64. The van der Waals surface area contributed by atoms with Gasteiger partial charge in [-0.15, -0.1) is 11.8 Å². The van der Waals surface area contributed by atoms with Gasteiger partial charge in [-0.05, 0) is 31.0 Å². The quantitative estimate of drug-likeness (QED) is 0.861. The summed E-state index contributed by atoms with van der Waals surface area (Å²) in [6, 6.07) is 6.29. The number of carboxylic acid groups (broad SMARTS) is 1. The Labute approximate surface area is 91.5 Å². The van der Waals surface area contributed by atoms with E-state index < -0.39 is 5.97 Å². The van der Waals surface area contributed by atoms with Gasteiger partial charge < -0.3 is 5.11 Å². The number of hydrogen-bond donors (Lipinski definition) is 1. The Morgan fingerprint density at radius 3 is 2.80 bits per heavy atom. The van der Waals surface area contributed by atoms with E-state index in [0.717, 1.165) is 17.7 Å². The molecule has 0 spiro atoms. The summed E-state index contributed by atoms with van der Waals surface area (Å²) < 4.78 is 12.9. The number of carbonyl (C=O) groups is 1. The highest BCUT2D eigenvalue weighted by molar-refractivity contribution is 8.00. The molecule has 80 valence electrons. The lowest BCUT2D eigenvalue weighted by molar-refractivity contribution is -0.144. The Kier molecular flexibility index (Phi) is 2.95. The van der Waals surface area contributed by atoms with E-state index in [1.165, 1.54) is 23.9 Å². The van der Waals surface area contributed by atoms with E-state index in [0.29, 0.717) is 0 Å². The first-order valence-corrected chi connectivity index (χ1v) is 5.70. The summed E-state index contributed by atoms with van der Waals surface area (Å²) in [5.41, 5.74) is 0. The second-order valence-corrected chi connectivity index (χ2v) is 4.95. The first kappa shape index (κ1) is 10.5. The summed E-state index contributed by atoms with van der Waals surface area (Å²) in [6.07, 6.45) is 1.64. The molecule has 2 rings (SSSR count). The van der Waals surface area contributed by atoms with Crippen molar-refractivity contribution in [2.75, 3.05) is 0 Å². The minimum absolute atomic E-state index is 0.101. The fraction of sp³-hybridized carbons (Fsp3) is 0.364. The van der Waals surface area contributed by atoms with Crippen molar-refractivity contribution in [3.05, 3.63) is 30.1 Å². The molecule has 0 amide bonds. The van der Waals surface area contributed by atoms with Crippen LogP contribution in [-0.4, -0.2) is 16.3 Å². The first-order valence-electron chi connectivity index (χ1n) is 4.82. The number of aliphatic carboxylic acids is 1. The zero-order valence-corrected chi connectivity index (χ0v) is 8.84. The zero-order chi connectivity index (χ0) is 10.8. The molecule has 2 atom stereocenters. The molecule has 1 aliphatic carbocycles. The molecule has 1 aliphatic rings. The Morgan fingerprint density at radius 1 is 1.47 bits per heavy atom. The average molecular weight is 226 g/mol. The summed E-state index contributed by atoms with van der Waals surface area (Å²) in [5.74, 6) is -1.28. The molecule has 0 saturated heterocycles. The van der Waals surface area contributed by atoms with E-state index in [9.17, 15) is 9.18 Å². The summed E-state index contributed by atoms with van der Waals surface area (Å²) in [7, 11) is 0. The number of halogens is 1. The highest BCUT2D eigenvalue weighted by Crippen LogP contribution is 2.41. The van der Waals surface area contributed by atoms with E-state index in [1.54, 1.807) is 6.07 Å². The van der Waals surface area contributed by atoms with Gasteiger partial charge in [-0.1, -0.05) is 6.07 Å². The van der Waals surface area contributed by atoms with Gasteiger partial charge in [0.15, 0.2) is 0 Å². The van der Waals surface area contributed by atoms with Crippen molar-refractivity contribution < 1.29 is 14.3 Å². The van der Waals surface area contributed by atoms with Crippen LogP contribution in [0.1, 0.15) is 12.8 Å². The van der Waals surface area contributed by atoms with Gasteiger partial charge in [0.1, 0.15) is 5.82 Å². The van der Waals surface area contributed by atoms with Crippen LogP contribution in [0, 0.1) is 11.7 Å². The van der Waals surface area contributed by atoms with Crippen LogP contribution in [0.3, 0.4) is 0 Å². The molecule has 0 aromatic heterocycles. The number of hydrogen-bond acceptors (Lipinski definition) is 2. The molecule has 4 heteroatoms. The number of rotatable bonds is 3. The molecule has 1 fully saturated rings. The fourth-order valence-electron chi connectivity index (χ4n) is 1.61. The van der Waals surface area contributed by atoms with Crippen molar-refractivity contribution in [1.29, 1.82) is 0 Å². The molecule has 0 heterocycles. The topological polar surface area (TPSA) is 37.3 Å². The van der Waals surface area contributed by atoms with Crippen molar-refractivity contribution in [2.24, 2.45) is 5.92 Å². The van der Waals surface area contributed by atoms with Crippen molar-refractivity contribution in [3.8, 4) is 0 Å². The Morgan fingerprint density at radius 2 is 2.27 bits per heavy atom. The molecule has 15 heavy (non-hydrogen) atoms. The van der Waals surface area contributed by atoms with Crippen LogP contribution in [-0.2, 0) is 4.79 Å². The molecular weight excluding hydrogens is 215 g/mol. The lowest BCUT2D eigenvalue weighted by Gasteiger charge is -2.32. The maximum atomic E-state index is 12.9. The van der Waals surface area contributed by atoms with Gasteiger partial charge in [-0.2, -0.15) is 0 Å². The van der Waals surface area contributed by atoms with Gasteiger partial charge in [-0.25, -0.2) is 4.39 Å². The zero-order valence-electron chi connectivity index (χ0n) is 8.02. The monoisotopic (exact) mass is 226 g/mol. The highest BCUT2D eigenvalue weighted by Gasteiger charge is 2.37. The van der Waals surface area contributed by atoms with Crippen LogP contribution in [0.25, 0.3) is 0 Å². The minimum atomic E-state index is -0.741. The molecule has 2 nitrogen and oxygen atoms in total. The van der Waals surface area contributed by atoms with Crippen LogP contribution in [0.2, 0.25) is 0 Å². The first-order chi connectivity index (χ1) is 7.16. The van der Waals surface area contributed by atoms with E-state index in [2.05, 4.69) is 0 Å². The van der Waals surface area contributed by atoms with E-state index in [4.69, 9.17) is 5.11 Å². The van der Waals surface area contributed by atoms with Crippen molar-refractivity contribution in [1.82, 2.24) is 0 Å². The van der Waals surface area contributed by atoms with Crippen LogP contribution >= 0.6 is 11.8 Å². The van der Waals surface area contributed by atoms with Gasteiger partial charge >= 0.3 is 5.97 Å². The summed E-state index contributed by atoms with van der Waals surface area (Å²) >= 11 is 1.46. The largest absolute Gasteiger partial charge is 0.481 e. The average Bonchev–Trinajstić information content (AvgIpc) is 2.11. The molecule has 1 aromatic carbocycles. The van der Waals surface area contributed by atoms with Crippen LogP contribution < -0.4 is 0 Å². The molecule has 1 N–H and O–H groups in total. The predicted molar refractivity (Wildman–Crippen MR) is 56.4 cm³/mol. The number of carboxylic acids is 1. The number of thioether (sulfide) groups is 1. The Balaban J connectivity index is 2.00.